The standard InChI is InChI=1S/C15H14FNO5S/c16-13-11-4-2-1-3-9(11)7-8-12(13)23(20,21)17-22-14(15(18)19)10-5-6-10/h1-4,7-8,10,14,17H,5-6H2,(H,18,19). The largest absolute Gasteiger partial charge is 0.479 e. The number of aliphatic carboxylic acids is 1. The van der Waals surface area contributed by atoms with Gasteiger partial charge in [0.15, 0.2) is 11.9 Å². The van der Waals surface area contributed by atoms with E-state index in [1.165, 1.54) is 12.1 Å². The number of sulfonamides is 1. The lowest BCUT2D eigenvalue weighted by atomic mass is 10.1. The number of carbonyl (C=O) groups is 1. The van der Waals surface area contributed by atoms with E-state index in [9.17, 15) is 17.6 Å². The zero-order valence-corrected chi connectivity index (χ0v) is 12.7. The fourth-order valence-electron chi connectivity index (χ4n) is 2.33. The summed E-state index contributed by atoms with van der Waals surface area (Å²) < 4.78 is 38.8. The monoisotopic (exact) mass is 339 g/mol. The molecule has 0 saturated heterocycles. The number of fused-ring (bicyclic) bond motifs is 1. The van der Waals surface area contributed by atoms with Crippen LogP contribution in [0.15, 0.2) is 41.3 Å². The van der Waals surface area contributed by atoms with Crippen molar-refractivity contribution in [1.82, 2.24) is 4.89 Å². The molecule has 0 aromatic heterocycles. The van der Waals surface area contributed by atoms with Crippen LogP contribution in [-0.4, -0.2) is 25.6 Å². The average molecular weight is 339 g/mol. The van der Waals surface area contributed by atoms with Gasteiger partial charge >= 0.3 is 5.97 Å². The minimum absolute atomic E-state index is 0.160. The summed E-state index contributed by atoms with van der Waals surface area (Å²) in [5.74, 6) is -2.39. The Morgan fingerprint density at radius 3 is 2.61 bits per heavy atom. The first-order chi connectivity index (χ1) is 10.9. The number of benzene rings is 2. The highest BCUT2D eigenvalue weighted by Crippen LogP contribution is 2.34. The van der Waals surface area contributed by atoms with Crippen molar-refractivity contribution in [2.45, 2.75) is 23.8 Å². The van der Waals surface area contributed by atoms with Gasteiger partial charge in [-0.05, 0) is 30.2 Å². The van der Waals surface area contributed by atoms with Gasteiger partial charge in [0.1, 0.15) is 4.90 Å². The summed E-state index contributed by atoms with van der Waals surface area (Å²) in [6.07, 6.45) is 0.0415. The number of nitrogens with one attached hydrogen (secondary N) is 1. The second kappa shape index (κ2) is 5.88. The van der Waals surface area contributed by atoms with Gasteiger partial charge in [-0.25, -0.2) is 17.6 Å². The molecule has 0 spiro atoms. The highest BCUT2D eigenvalue weighted by Gasteiger charge is 2.38. The molecule has 1 saturated carbocycles. The van der Waals surface area contributed by atoms with Crippen LogP contribution in [-0.2, 0) is 19.7 Å². The maximum atomic E-state index is 14.4. The summed E-state index contributed by atoms with van der Waals surface area (Å²) in [6, 6.07) is 9.03. The molecule has 1 aliphatic rings. The summed E-state index contributed by atoms with van der Waals surface area (Å²) in [4.78, 5) is 17.0. The summed E-state index contributed by atoms with van der Waals surface area (Å²) >= 11 is 0. The van der Waals surface area contributed by atoms with Crippen LogP contribution in [0, 0.1) is 11.7 Å². The molecule has 0 amide bonds. The number of hydrogen-bond donors (Lipinski definition) is 2. The lowest BCUT2D eigenvalue weighted by Crippen LogP contribution is -2.36. The Morgan fingerprint density at radius 2 is 1.96 bits per heavy atom. The van der Waals surface area contributed by atoms with Crippen LogP contribution in [0.25, 0.3) is 10.8 Å². The van der Waals surface area contributed by atoms with E-state index < -0.39 is 32.8 Å². The van der Waals surface area contributed by atoms with Gasteiger partial charge in [-0.15, -0.1) is 0 Å². The van der Waals surface area contributed by atoms with Crippen molar-refractivity contribution in [1.29, 1.82) is 0 Å². The van der Waals surface area contributed by atoms with E-state index >= 15 is 0 Å². The maximum Gasteiger partial charge on any atom is 0.335 e. The Balaban J connectivity index is 1.87. The molecule has 2 aromatic rings. The minimum Gasteiger partial charge on any atom is -0.479 e. The molecule has 1 fully saturated rings. The SMILES string of the molecule is O=C(O)C(ONS(=O)(=O)c1ccc2ccccc2c1F)C1CC1. The molecular formula is C15H14FNO5S. The van der Waals surface area contributed by atoms with Crippen molar-refractivity contribution in [3.8, 4) is 0 Å². The second-order valence-electron chi connectivity index (χ2n) is 5.40. The minimum atomic E-state index is -4.33. The zero-order chi connectivity index (χ0) is 16.6. The van der Waals surface area contributed by atoms with Gasteiger partial charge < -0.3 is 5.11 Å². The van der Waals surface area contributed by atoms with Gasteiger partial charge in [0.25, 0.3) is 10.0 Å². The van der Waals surface area contributed by atoms with Crippen molar-refractivity contribution in [2.24, 2.45) is 5.92 Å². The van der Waals surface area contributed by atoms with Gasteiger partial charge in [0, 0.05) is 5.39 Å². The number of carboxylic acid groups (broad SMARTS) is 1. The predicted octanol–water partition coefficient (Wildman–Crippen LogP) is 2.05. The van der Waals surface area contributed by atoms with Crippen LogP contribution >= 0.6 is 0 Å². The van der Waals surface area contributed by atoms with Crippen LogP contribution < -0.4 is 4.89 Å². The van der Waals surface area contributed by atoms with Crippen molar-refractivity contribution in [2.75, 3.05) is 0 Å². The molecule has 2 N–H and O–H groups in total. The molecule has 1 atom stereocenters. The maximum absolute atomic E-state index is 14.4. The molecule has 23 heavy (non-hydrogen) atoms. The van der Waals surface area contributed by atoms with Crippen LogP contribution in [0.2, 0.25) is 0 Å². The number of rotatable bonds is 6. The van der Waals surface area contributed by atoms with Crippen molar-refractivity contribution in [3.63, 3.8) is 0 Å². The quantitative estimate of drug-likeness (QED) is 0.786. The van der Waals surface area contributed by atoms with Gasteiger partial charge in [-0.3, -0.25) is 4.84 Å². The molecule has 6 nitrogen and oxygen atoms in total. The topological polar surface area (TPSA) is 92.7 Å². The Kier molecular flexibility index (Phi) is 4.05. The third kappa shape index (κ3) is 3.19. The Hall–Kier alpha value is -2.03. The molecule has 0 heterocycles. The van der Waals surface area contributed by atoms with Crippen molar-refractivity contribution >= 4 is 26.8 Å². The Bertz CT molecular complexity index is 863. The van der Waals surface area contributed by atoms with Crippen molar-refractivity contribution < 1.29 is 27.5 Å². The smallest absolute Gasteiger partial charge is 0.335 e. The lowest BCUT2D eigenvalue weighted by Gasteiger charge is -2.14. The normalized spacial score (nSPS) is 16.4. The second-order valence-corrected chi connectivity index (χ2v) is 7.01. The first-order valence-electron chi connectivity index (χ1n) is 6.97. The van der Waals surface area contributed by atoms with E-state index in [-0.39, 0.29) is 11.3 Å². The third-order valence-corrected chi connectivity index (χ3v) is 4.91. The predicted molar refractivity (Wildman–Crippen MR) is 79.5 cm³/mol. The molecule has 8 heteroatoms. The lowest BCUT2D eigenvalue weighted by molar-refractivity contribution is -0.154. The summed E-state index contributed by atoms with van der Waals surface area (Å²) in [5.41, 5.74) is 0. The molecule has 0 radical (unpaired) electrons. The first-order valence-corrected chi connectivity index (χ1v) is 8.46. The van der Waals surface area contributed by atoms with E-state index in [4.69, 9.17) is 9.94 Å². The van der Waals surface area contributed by atoms with Crippen LogP contribution in [0.3, 0.4) is 0 Å². The summed E-state index contributed by atoms with van der Waals surface area (Å²) in [5, 5.41) is 9.73. The fraction of sp³-hybridized carbons (Fsp3) is 0.267. The summed E-state index contributed by atoms with van der Waals surface area (Å²) in [7, 11) is -4.33. The van der Waals surface area contributed by atoms with Gasteiger partial charge in [0.05, 0.1) is 0 Å². The van der Waals surface area contributed by atoms with E-state index in [1.54, 1.807) is 23.1 Å². The molecule has 2 aromatic carbocycles. The van der Waals surface area contributed by atoms with Gasteiger partial charge in [-0.1, -0.05) is 35.2 Å². The van der Waals surface area contributed by atoms with Crippen LogP contribution in [0.4, 0.5) is 4.39 Å². The van der Waals surface area contributed by atoms with E-state index in [2.05, 4.69) is 0 Å². The Labute approximate surface area is 131 Å². The van der Waals surface area contributed by atoms with Crippen LogP contribution in [0.5, 0.6) is 0 Å². The number of carboxylic acids is 1. The molecule has 122 valence electrons. The molecule has 0 bridgehead atoms. The fourth-order valence-corrected chi connectivity index (χ4v) is 3.24. The van der Waals surface area contributed by atoms with Gasteiger partial charge in [0.2, 0.25) is 0 Å². The van der Waals surface area contributed by atoms with Gasteiger partial charge in [-0.2, -0.15) is 0 Å². The summed E-state index contributed by atoms with van der Waals surface area (Å²) in [6.45, 7) is 0. The van der Waals surface area contributed by atoms with Crippen molar-refractivity contribution in [3.05, 3.63) is 42.2 Å². The molecule has 0 aliphatic heterocycles. The van der Waals surface area contributed by atoms with E-state index in [0.29, 0.717) is 18.2 Å². The number of hydrogen-bond acceptors (Lipinski definition) is 4. The zero-order valence-electron chi connectivity index (χ0n) is 11.9. The highest BCUT2D eigenvalue weighted by molar-refractivity contribution is 7.89. The highest BCUT2D eigenvalue weighted by atomic mass is 32.2. The molecule has 3 rings (SSSR count). The molecule has 1 aliphatic carbocycles. The Morgan fingerprint density at radius 1 is 1.26 bits per heavy atom. The first kappa shape index (κ1) is 15.9. The molecular weight excluding hydrogens is 325 g/mol. The van der Waals surface area contributed by atoms with E-state index in [0.717, 1.165) is 6.07 Å². The molecule has 1 unspecified atom stereocenters. The third-order valence-electron chi connectivity index (χ3n) is 3.70. The van der Waals surface area contributed by atoms with Crippen LogP contribution in [0.1, 0.15) is 12.8 Å². The average Bonchev–Trinajstić information content (AvgIpc) is 3.32. The van der Waals surface area contributed by atoms with E-state index in [1.807, 2.05) is 0 Å². The number of halogens is 1.